The van der Waals surface area contributed by atoms with E-state index in [1.54, 1.807) is 0 Å². The zero-order valence-electron chi connectivity index (χ0n) is 26.2. The Morgan fingerprint density at radius 3 is 2.71 bits per heavy atom. The number of rotatable bonds is 4. The van der Waals surface area contributed by atoms with Gasteiger partial charge in [0.2, 0.25) is 0 Å². The summed E-state index contributed by atoms with van der Waals surface area (Å²) in [6.07, 6.45) is -2.29. The number of aromatic nitrogens is 2. The lowest BCUT2D eigenvalue weighted by Gasteiger charge is -2.41. The molecule has 2 aromatic carbocycles. The van der Waals surface area contributed by atoms with Crippen molar-refractivity contribution in [3.8, 4) is 23.2 Å². The van der Waals surface area contributed by atoms with E-state index in [9.17, 15) is 22.8 Å². The molecule has 1 aromatic heterocycles. The van der Waals surface area contributed by atoms with E-state index in [1.165, 1.54) is 0 Å². The van der Waals surface area contributed by atoms with Gasteiger partial charge in [0.05, 0.1) is 27.7 Å². The Balaban J connectivity index is 1.40. The van der Waals surface area contributed by atoms with Crippen molar-refractivity contribution in [1.82, 2.24) is 20.2 Å². The summed E-state index contributed by atoms with van der Waals surface area (Å²) >= 11 is 0. The van der Waals surface area contributed by atoms with Crippen LogP contribution in [0.25, 0.3) is 27.6 Å². The van der Waals surface area contributed by atoms with E-state index in [4.69, 9.17) is 15.5 Å². The average molecular weight is 670 g/mol. The number of piperazine rings is 1. The number of ether oxygens (including phenoxy) is 1. The van der Waals surface area contributed by atoms with E-state index in [2.05, 4.69) is 16.9 Å². The maximum absolute atomic E-state index is 17.2. The van der Waals surface area contributed by atoms with Crippen LogP contribution in [0, 0.1) is 29.9 Å². The molecule has 3 aromatic rings. The lowest BCUT2D eigenvalue weighted by molar-refractivity contribution is -0.137. The van der Waals surface area contributed by atoms with Gasteiger partial charge in [0.25, 0.3) is 0 Å². The normalized spacial score (nSPS) is 28.0. The smallest absolute Gasteiger partial charge is 0.417 e. The van der Waals surface area contributed by atoms with Crippen molar-refractivity contribution in [3.63, 3.8) is 0 Å². The van der Waals surface area contributed by atoms with Gasteiger partial charge in [-0.3, -0.25) is 4.90 Å². The quantitative estimate of drug-likeness (QED) is 0.256. The van der Waals surface area contributed by atoms with Crippen molar-refractivity contribution in [2.75, 3.05) is 36.9 Å². The van der Waals surface area contributed by atoms with Gasteiger partial charge < -0.3 is 20.7 Å². The number of nitrogens with zero attached hydrogens (tertiary/aromatic N) is 5. The minimum atomic E-state index is -5.12. The highest BCUT2D eigenvalue weighted by molar-refractivity contribution is 6.06. The van der Waals surface area contributed by atoms with Gasteiger partial charge in [0.1, 0.15) is 30.2 Å². The van der Waals surface area contributed by atoms with Crippen LogP contribution in [-0.4, -0.2) is 70.9 Å². The second-order valence-electron chi connectivity index (χ2n) is 13.9. The monoisotopic (exact) mass is 669 g/mol. The highest BCUT2D eigenvalue weighted by atomic mass is 19.4. The Labute approximate surface area is 272 Å². The Kier molecular flexibility index (Phi) is 6.96. The average Bonchev–Trinajstić information content (AvgIpc) is 3.67. The molecule has 4 saturated heterocycles. The largest absolute Gasteiger partial charge is 0.461 e. The molecule has 0 spiro atoms. The summed E-state index contributed by atoms with van der Waals surface area (Å²) in [4.78, 5) is 13.3. The van der Waals surface area contributed by atoms with Crippen molar-refractivity contribution in [2.24, 2.45) is 0 Å². The molecule has 5 atom stereocenters. The Hall–Kier alpha value is -4.09. The van der Waals surface area contributed by atoms with Gasteiger partial charge in [0.15, 0.2) is 11.6 Å². The number of nitrogens with one attached hydrogen (secondary N) is 1. The van der Waals surface area contributed by atoms with Gasteiger partial charge in [-0.15, -0.1) is 0 Å². The molecule has 0 radical (unpaired) electrons. The number of hydrogen-bond acceptors (Lipinski definition) is 8. The maximum atomic E-state index is 17.2. The van der Waals surface area contributed by atoms with Gasteiger partial charge in [-0.05, 0) is 62.8 Å². The lowest BCUT2D eigenvalue weighted by atomic mass is 9.84. The lowest BCUT2D eigenvalue weighted by Crippen LogP contribution is -2.58. The van der Waals surface area contributed by atoms with Crippen LogP contribution < -0.4 is 20.7 Å². The molecule has 0 aliphatic carbocycles. The van der Waals surface area contributed by atoms with E-state index in [-0.39, 0.29) is 66.9 Å². The molecule has 5 aliphatic heterocycles. The summed E-state index contributed by atoms with van der Waals surface area (Å²) in [5.41, 5.74) is 0.189. The molecule has 8 rings (SSSR count). The first-order chi connectivity index (χ1) is 22.8. The van der Waals surface area contributed by atoms with Crippen LogP contribution in [0.3, 0.4) is 0 Å². The van der Waals surface area contributed by atoms with Crippen LogP contribution in [0.15, 0.2) is 12.6 Å². The second kappa shape index (κ2) is 10.7. The molecular weight excluding hydrogens is 636 g/mol. The van der Waals surface area contributed by atoms with Crippen LogP contribution in [0.1, 0.15) is 60.8 Å². The SMILES string of the molecule is C=C1C[C@@H]2C3CC[C@H](CN2c2nc(OC[C@@]45CCCN4C[C@H](F)C5)nc4c(F)c(-c5c(F)c(N)cc(C)c5C(F)(F)F)c(C#N)c1c24)N3. The number of aryl methyl sites for hydroxylation is 1. The number of anilines is 2. The number of benzene rings is 2. The minimum Gasteiger partial charge on any atom is -0.461 e. The zero-order valence-corrected chi connectivity index (χ0v) is 26.2. The summed E-state index contributed by atoms with van der Waals surface area (Å²) in [7, 11) is 0. The first-order valence-corrected chi connectivity index (χ1v) is 16.2. The Bertz CT molecular complexity index is 1940. The van der Waals surface area contributed by atoms with Crippen LogP contribution in [0.2, 0.25) is 0 Å². The van der Waals surface area contributed by atoms with E-state index in [1.807, 2.05) is 15.9 Å². The van der Waals surface area contributed by atoms with Crippen LogP contribution in [0.5, 0.6) is 6.01 Å². The Morgan fingerprint density at radius 2 is 1.96 bits per heavy atom. The molecular formula is C34H33F6N7O. The molecule has 3 N–H and O–H groups in total. The third-order valence-corrected chi connectivity index (χ3v) is 11.1. The Morgan fingerprint density at radius 1 is 1.17 bits per heavy atom. The van der Waals surface area contributed by atoms with Crippen molar-refractivity contribution in [2.45, 2.75) is 81.5 Å². The third-order valence-electron chi connectivity index (χ3n) is 11.1. The fraction of sp³-hybridized carbons (Fsp3) is 0.500. The number of nitriles is 1. The van der Waals surface area contributed by atoms with Crippen molar-refractivity contribution in [1.29, 1.82) is 5.26 Å². The number of hydrogen-bond donors (Lipinski definition) is 2. The molecule has 2 bridgehead atoms. The summed E-state index contributed by atoms with van der Waals surface area (Å²) in [5, 5.41) is 14.2. The second-order valence-corrected chi connectivity index (χ2v) is 13.9. The summed E-state index contributed by atoms with van der Waals surface area (Å²) in [6, 6.07) is 2.39. The van der Waals surface area contributed by atoms with Crippen LogP contribution in [-0.2, 0) is 6.18 Å². The fourth-order valence-electron chi connectivity index (χ4n) is 9.07. The van der Waals surface area contributed by atoms with Gasteiger partial charge in [-0.2, -0.15) is 28.4 Å². The molecule has 4 fully saturated rings. The van der Waals surface area contributed by atoms with Gasteiger partial charge >= 0.3 is 12.2 Å². The molecule has 252 valence electrons. The number of nitrogens with two attached hydrogens (primary N) is 1. The van der Waals surface area contributed by atoms with Crippen LogP contribution >= 0.6 is 0 Å². The molecule has 6 heterocycles. The predicted octanol–water partition coefficient (Wildman–Crippen LogP) is 6.04. The van der Waals surface area contributed by atoms with Crippen molar-refractivity contribution < 1.29 is 31.1 Å². The summed E-state index contributed by atoms with van der Waals surface area (Å²) < 4.78 is 97.6. The number of nitrogen functional groups attached to an aromatic ring is 1. The van der Waals surface area contributed by atoms with Gasteiger partial charge in [-0.25, -0.2) is 13.2 Å². The molecule has 0 saturated carbocycles. The predicted molar refractivity (Wildman–Crippen MR) is 167 cm³/mol. The zero-order chi connectivity index (χ0) is 33.9. The number of alkyl halides is 4. The van der Waals surface area contributed by atoms with Crippen molar-refractivity contribution in [3.05, 3.63) is 46.5 Å². The highest BCUT2D eigenvalue weighted by Gasteiger charge is 2.50. The summed E-state index contributed by atoms with van der Waals surface area (Å²) in [5.74, 6) is -2.56. The molecule has 1 unspecified atom stereocenters. The van der Waals surface area contributed by atoms with Gasteiger partial charge in [-0.1, -0.05) is 6.58 Å². The van der Waals surface area contributed by atoms with E-state index in [0.717, 1.165) is 32.3 Å². The van der Waals surface area contributed by atoms with Gasteiger partial charge in [0, 0.05) is 54.3 Å². The first kappa shape index (κ1) is 31.2. The number of fused-ring (bicyclic) bond motifs is 6. The molecule has 8 nitrogen and oxygen atoms in total. The molecule has 14 heteroatoms. The van der Waals surface area contributed by atoms with E-state index >= 15 is 8.78 Å². The molecule has 5 aliphatic rings. The highest BCUT2D eigenvalue weighted by Crippen LogP contribution is 2.51. The topological polar surface area (TPSA) is 103 Å². The standard InChI is InChI=1S/C34H33F6N7O/c1-15-9-22-21-5-4-18(43-21)13-47(22)31-26-23(15)19(11-41)24(25-27(34(38,39)40)16(2)8-20(42)28(25)36)29(37)30(26)44-32(45-31)48-14-33-6-3-7-46(33)12-17(35)10-33/h8,17-18,21-22,43H,1,3-7,9-10,12-14,42H2,2H3/t17-,18-,21?,22-,33+/m1/s1. The van der Waals surface area contributed by atoms with Crippen LogP contribution in [0.4, 0.5) is 37.8 Å². The third kappa shape index (κ3) is 4.50. The fourth-order valence-corrected chi connectivity index (χ4v) is 9.07. The molecule has 0 amide bonds. The minimum absolute atomic E-state index is 0.0100. The maximum Gasteiger partial charge on any atom is 0.417 e. The molecule has 48 heavy (non-hydrogen) atoms. The van der Waals surface area contributed by atoms with Crippen molar-refractivity contribution >= 4 is 28.0 Å². The number of halogens is 6. The van der Waals surface area contributed by atoms with E-state index in [0.29, 0.717) is 25.1 Å². The van der Waals surface area contributed by atoms with E-state index < -0.39 is 68.5 Å². The summed E-state index contributed by atoms with van der Waals surface area (Å²) in [6.45, 7) is 6.85. The first-order valence-electron chi connectivity index (χ1n) is 16.2.